The van der Waals surface area contributed by atoms with Gasteiger partial charge in [0, 0.05) is 35.4 Å². The van der Waals surface area contributed by atoms with E-state index in [0.29, 0.717) is 27.9 Å². The van der Waals surface area contributed by atoms with Gasteiger partial charge in [-0.3, -0.25) is 4.79 Å². The van der Waals surface area contributed by atoms with Crippen molar-refractivity contribution >= 4 is 26.7 Å². The molecule has 0 spiro atoms. The largest absolute Gasteiger partial charge is 0.468 e. The van der Waals surface area contributed by atoms with Crippen molar-refractivity contribution in [2.75, 3.05) is 7.11 Å². The van der Waals surface area contributed by atoms with Crippen molar-refractivity contribution in [3.63, 3.8) is 0 Å². The summed E-state index contributed by atoms with van der Waals surface area (Å²) in [4.78, 5) is 16.3. The highest BCUT2D eigenvalue weighted by atomic mass is 32.2. The second-order valence-corrected chi connectivity index (χ2v) is 9.52. The predicted octanol–water partition coefficient (Wildman–Crippen LogP) is 3.56. The summed E-state index contributed by atoms with van der Waals surface area (Å²) in [6, 6.07) is 12.2. The molecule has 1 atom stereocenters. The predicted molar refractivity (Wildman–Crippen MR) is 117 cm³/mol. The van der Waals surface area contributed by atoms with Gasteiger partial charge in [-0.2, -0.15) is 0 Å². The minimum absolute atomic E-state index is 0.131. The highest BCUT2D eigenvalue weighted by molar-refractivity contribution is 7.92. The minimum Gasteiger partial charge on any atom is -0.468 e. The smallest absolute Gasteiger partial charge is 0.325 e. The number of nitrogens with zero attached hydrogens (tertiary/aromatic N) is 3. The molecule has 4 rings (SSSR count). The quantitative estimate of drug-likeness (QED) is 0.415. The maximum Gasteiger partial charge on any atom is 0.325 e. The topological polar surface area (TPSA) is 83.2 Å². The third-order valence-electron chi connectivity index (χ3n) is 5.62. The normalized spacial score (nSPS) is 12.8. The molecule has 0 aliphatic carbocycles. The van der Waals surface area contributed by atoms with E-state index in [9.17, 15) is 17.6 Å². The molecule has 2 aromatic heterocycles. The summed E-state index contributed by atoms with van der Waals surface area (Å²) < 4.78 is 50.3. The van der Waals surface area contributed by atoms with Crippen molar-refractivity contribution in [2.45, 2.75) is 23.6 Å². The molecule has 2 heterocycles. The van der Waals surface area contributed by atoms with Gasteiger partial charge in [-0.15, -0.1) is 0 Å². The second-order valence-electron chi connectivity index (χ2n) is 7.49. The summed E-state index contributed by atoms with van der Waals surface area (Å²) in [5.74, 6) is -1.00. The van der Waals surface area contributed by atoms with Gasteiger partial charge in [0.05, 0.1) is 24.0 Å². The number of hydrogen-bond acceptors (Lipinski definition) is 5. The highest BCUT2D eigenvalue weighted by Gasteiger charge is 2.37. The van der Waals surface area contributed by atoms with Crippen LogP contribution in [0.15, 0.2) is 66.0 Å². The van der Waals surface area contributed by atoms with Crippen LogP contribution in [0.5, 0.6) is 0 Å². The van der Waals surface area contributed by atoms with Crippen molar-refractivity contribution in [1.82, 2.24) is 14.1 Å². The Hall–Kier alpha value is -3.46. The molecule has 4 aromatic rings. The van der Waals surface area contributed by atoms with Gasteiger partial charge in [-0.25, -0.2) is 17.8 Å². The van der Waals surface area contributed by atoms with Crippen LogP contribution in [-0.4, -0.2) is 35.6 Å². The van der Waals surface area contributed by atoms with E-state index in [1.54, 1.807) is 47.4 Å². The molecular weight excluding hydrogens is 433 g/mol. The van der Waals surface area contributed by atoms with Crippen LogP contribution < -0.4 is 0 Å². The molecule has 2 aromatic carbocycles. The van der Waals surface area contributed by atoms with Crippen LogP contribution in [0.4, 0.5) is 4.39 Å². The number of methoxy groups -OCH3 is 1. The molecule has 0 saturated heterocycles. The van der Waals surface area contributed by atoms with Gasteiger partial charge in [0.25, 0.3) is 0 Å². The van der Waals surface area contributed by atoms with E-state index in [-0.39, 0.29) is 11.4 Å². The molecule has 0 amide bonds. The Labute approximate surface area is 185 Å². The summed E-state index contributed by atoms with van der Waals surface area (Å²) in [5.41, 5.74) is 1.90. The van der Waals surface area contributed by atoms with Gasteiger partial charge in [-0.05, 0) is 37.3 Å². The van der Waals surface area contributed by atoms with Crippen LogP contribution in [0.3, 0.4) is 0 Å². The van der Waals surface area contributed by atoms with Gasteiger partial charge >= 0.3 is 5.97 Å². The number of imidazole rings is 1. The highest BCUT2D eigenvalue weighted by Crippen LogP contribution is 2.41. The lowest BCUT2D eigenvalue weighted by molar-refractivity contribution is -0.141. The summed E-state index contributed by atoms with van der Waals surface area (Å²) in [6.07, 6.45) is 3.01. The first-order chi connectivity index (χ1) is 15.3. The summed E-state index contributed by atoms with van der Waals surface area (Å²) in [6.45, 7) is 1.59. The average Bonchev–Trinajstić information content (AvgIpc) is 3.31. The van der Waals surface area contributed by atoms with Crippen LogP contribution in [0, 0.1) is 12.7 Å². The number of carbonyl (C=O) groups excluding carboxylic acids is 1. The number of aromatic nitrogens is 3. The van der Waals surface area contributed by atoms with Gasteiger partial charge < -0.3 is 13.9 Å². The number of aryl methyl sites for hydroxylation is 1. The lowest BCUT2D eigenvalue weighted by Gasteiger charge is -2.20. The lowest BCUT2D eigenvalue weighted by atomic mass is 10.1. The summed E-state index contributed by atoms with van der Waals surface area (Å²) in [7, 11) is -0.972. The van der Waals surface area contributed by atoms with Gasteiger partial charge in [0.2, 0.25) is 0 Å². The average molecular weight is 456 g/mol. The van der Waals surface area contributed by atoms with E-state index in [1.165, 1.54) is 43.9 Å². The fourth-order valence-corrected chi connectivity index (χ4v) is 6.00. The standard InChI is InChI=1S/C23H22FN3O4S/c1-15-22(18-11-16(24)9-10-19(18)27(15)13-21(28)31-3)23(20-12-25-14-26(20)2)32(29,30)17-7-5-4-6-8-17/h4-12,14,23H,13H2,1-3H3. The Balaban J connectivity index is 2.08. The van der Waals surface area contributed by atoms with Crippen LogP contribution in [0.25, 0.3) is 10.9 Å². The molecule has 0 aliphatic heterocycles. The zero-order chi connectivity index (χ0) is 23.0. The first kappa shape index (κ1) is 21.8. The number of sulfone groups is 1. The fraction of sp³-hybridized carbons (Fsp3) is 0.217. The number of benzene rings is 2. The van der Waals surface area contributed by atoms with E-state index in [0.717, 1.165) is 0 Å². The summed E-state index contributed by atoms with van der Waals surface area (Å²) >= 11 is 0. The van der Waals surface area contributed by atoms with Gasteiger partial charge in [0.1, 0.15) is 17.6 Å². The maximum atomic E-state index is 14.3. The monoisotopic (exact) mass is 455 g/mol. The van der Waals surface area contributed by atoms with E-state index in [1.807, 2.05) is 0 Å². The third-order valence-corrected chi connectivity index (χ3v) is 7.64. The Bertz CT molecular complexity index is 1410. The number of fused-ring (bicyclic) bond motifs is 1. The third kappa shape index (κ3) is 3.58. The molecule has 0 saturated carbocycles. The molecule has 0 fully saturated rings. The lowest BCUT2D eigenvalue weighted by Crippen LogP contribution is -2.19. The molecule has 0 N–H and O–H groups in total. The summed E-state index contributed by atoms with van der Waals surface area (Å²) in [5, 5.41) is -0.752. The van der Waals surface area contributed by atoms with Crippen molar-refractivity contribution in [3.8, 4) is 0 Å². The van der Waals surface area contributed by atoms with Crippen LogP contribution in [0.1, 0.15) is 22.2 Å². The Morgan fingerprint density at radius 3 is 2.53 bits per heavy atom. The molecule has 9 heteroatoms. The number of esters is 1. The van der Waals surface area contributed by atoms with Crippen LogP contribution in [0.2, 0.25) is 0 Å². The van der Waals surface area contributed by atoms with Crippen molar-refractivity contribution in [1.29, 1.82) is 0 Å². The molecule has 0 bridgehead atoms. The van der Waals surface area contributed by atoms with E-state index in [4.69, 9.17) is 4.74 Å². The number of ether oxygens (including phenoxy) is 1. The number of hydrogen-bond donors (Lipinski definition) is 0. The second kappa shape index (κ2) is 8.23. The van der Waals surface area contributed by atoms with Crippen molar-refractivity contribution in [2.24, 2.45) is 7.05 Å². The minimum atomic E-state index is -3.96. The molecule has 166 valence electrons. The van der Waals surface area contributed by atoms with E-state index in [2.05, 4.69) is 4.98 Å². The fourth-order valence-electron chi connectivity index (χ4n) is 4.04. The first-order valence-electron chi connectivity index (χ1n) is 9.86. The Kier molecular flexibility index (Phi) is 5.60. The van der Waals surface area contributed by atoms with Crippen LogP contribution >= 0.6 is 0 Å². The van der Waals surface area contributed by atoms with E-state index < -0.39 is 26.9 Å². The Morgan fingerprint density at radius 1 is 1.19 bits per heavy atom. The van der Waals surface area contributed by atoms with Crippen molar-refractivity contribution in [3.05, 3.63) is 83.8 Å². The van der Waals surface area contributed by atoms with E-state index >= 15 is 0 Å². The first-order valence-corrected chi connectivity index (χ1v) is 11.4. The number of halogens is 1. The van der Waals surface area contributed by atoms with Crippen LogP contribution in [-0.2, 0) is 33.0 Å². The van der Waals surface area contributed by atoms with Gasteiger partial charge in [0.15, 0.2) is 9.84 Å². The zero-order valence-corrected chi connectivity index (χ0v) is 18.6. The Morgan fingerprint density at radius 2 is 1.91 bits per heavy atom. The van der Waals surface area contributed by atoms with Crippen molar-refractivity contribution < 1.29 is 22.3 Å². The molecule has 0 radical (unpaired) electrons. The number of carbonyl (C=O) groups is 1. The maximum absolute atomic E-state index is 14.3. The molecular formula is C23H22FN3O4S. The number of rotatable bonds is 6. The zero-order valence-electron chi connectivity index (χ0n) is 17.8. The molecule has 7 nitrogen and oxygen atoms in total. The molecule has 32 heavy (non-hydrogen) atoms. The molecule has 0 aliphatic rings. The van der Waals surface area contributed by atoms with Gasteiger partial charge in [-0.1, -0.05) is 18.2 Å². The molecule has 1 unspecified atom stereocenters. The SMILES string of the molecule is COC(=O)Cn1c(C)c(C(c2cncn2C)S(=O)(=O)c2ccccc2)c2cc(F)ccc21.